The van der Waals surface area contributed by atoms with Crippen LogP contribution >= 0.6 is 0 Å². The molecule has 0 spiro atoms. The Bertz CT molecular complexity index is 577. The number of carbonyl (C=O) groups is 1. The summed E-state index contributed by atoms with van der Waals surface area (Å²) in [6.07, 6.45) is 4.77. The zero-order chi connectivity index (χ0) is 14.9. The molecule has 6 heteroatoms. The van der Waals surface area contributed by atoms with Gasteiger partial charge in [-0.25, -0.2) is 14.8 Å². The van der Waals surface area contributed by atoms with Crippen molar-refractivity contribution in [3.05, 3.63) is 48.0 Å². The molecule has 0 saturated carbocycles. The Morgan fingerprint density at radius 1 is 1.23 bits per heavy atom. The van der Waals surface area contributed by atoms with E-state index in [4.69, 9.17) is 4.74 Å². The second-order valence-corrected chi connectivity index (χ2v) is 5.86. The summed E-state index contributed by atoms with van der Waals surface area (Å²) in [7, 11) is 0. The second-order valence-electron chi connectivity index (χ2n) is 5.86. The molecule has 0 radical (unpaired) electrons. The molecule has 4 rings (SSSR count). The van der Waals surface area contributed by atoms with Crippen molar-refractivity contribution < 1.29 is 9.53 Å². The van der Waals surface area contributed by atoms with E-state index >= 15 is 0 Å². The van der Waals surface area contributed by atoms with E-state index in [1.165, 1.54) is 5.56 Å². The number of carbonyl (C=O) groups excluding carboxylic acids is 1. The maximum Gasteiger partial charge on any atom is 0.411 e. The molecule has 2 atom stereocenters. The third-order valence-corrected chi connectivity index (χ3v) is 4.46. The first-order valence-corrected chi connectivity index (χ1v) is 7.71. The van der Waals surface area contributed by atoms with Crippen molar-refractivity contribution in [3.63, 3.8) is 0 Å². The summed E-state index contributed by atoms with van der Waals surface area (Å²) < 4.78 is 5.34. The van der Waals surface area contributed by atoms with E-state index < -0.39 is 0 Å². The van der Waals surface area contributed by atoms with E-state index in [2.05, 4.69) is 39.6 Å². The Labute approximate surface area is 129 Å². The summed E-state index contributed by atoms with van der Waals surface area (Å²) in [6, 6.07) is 10.3. The molecule has 3 aliphatic heterocycles. The molecule has 1 N–H and O–H groups in total. The molecule has 0 aromatic heterocycles. The number of hydrogen-bond donors (Lipinski definition) is 1. The third-order valence-electron chi connectivity index (χ3n) is 4.46. The second kappa shape index (κ2) is 5.72. The van der Waals surface area contributed by atoms with Crippen LogP contribution < -0.4 is 5.32 Å². The first-order chi connectivity index (χ1) is 10.8. The van der Waals surface area contributed by atoms with Crippen molar-refractivity contribution in [2.24, 2.45) is 0 Å². The van der Waals surface area contributed by atoms with Gasteiger partial charge in [-0.1, -0.05) is 36.4 Å². The fraction of sp³-hybridized carbons (Fsp3) is 0.438. The largest absolute Gasteiger partial charge is 0.447 e. The van der Waals surface area contributed by atoms with Crippen LogP contribution in [0.5, 0.6) is 0 Å². The van der Waals surface area contributed by atoms with Gasteiger partial charge in [-0.15, -0.1) is 0 Å². The molecular weight excluding hydrogens is 280 g/mol. The minimum Gasteiger partial charge on any atom is -0.447 e. The summed E-state index contributed by atoms with van der Waals surface area (Å²) in [5.74, 6) is 0. The van der Waals surface area contributed by atoms with Crippen LogP contribution in [0.3, 0.4) is 0 Å². The number of rotatable bonds is 3. The molecule has 22 heavy (non-hydrogen) atoms. The molecule has 116 valence electrons. The number of ether oxygens (including phenoxy) is 1. The molecule has 1 aromatic carbocycles. The van der Waals surface area contributed by atoms with Crippen LogP contribution in [-0.4, -0.2) is 59.7 Å². The average Bonchev–Trinajstić information content (AvgIpc) is 3.15. The molecular formula is C16H20N4O2. The molecule has 2 fully saturated rings. The van der Waals surface area contributed by atoms with Gasteiger partial charge in [0.15, 0.2) is 0 Å². The van der Waals surface area contributed by atoms with Gasteiger partial charge in [0.1, 0.15) is 12.8 Å². The van der Waals surface area contributed by atoms with Crippen molar-refractivity contribution >= 4 is 6.09 Å². The summed E-state index contributed by atoms with van der Waals surface area (Å²) >= 11 is 0. The first-order valence-electron chi connectivity index (χ1n) is 7.71. The van der Waals surface area contributed by atoms with Gasteiger partial charge in [0.25, 0.3) is 0 Å². The third kappa shape index (κ3) is 2.39. The van der Waals surface area contributed by atoms with E-state index in [0.29, 0.717) is 6.61 Å². The van der Waals surface area contributed by atoms with E-state index in [0.717, 1.165) is 26.3 Å². The Hall–Kier alpha value is -1.89. The van der Waals surface area contributed by atoms with Crippen molar-refractivity contribution in [3.8, 4) is 0 Å². The predicted molar refractivity (Wildman–Crippen MR) is 81.5 cm³/mol. The van der Waals surface area contributed by atoms with Gasteiger partial charge in [0.05, 0.1) is 19.4 Å². The Balaban J connectivity index is 1.56. The van der Waals surface area contributed by atoms with Gasteiger partial charge in [-0.05, 0) is 18.1 Å². The molecule has 0 bridgehead atoms. The highest BCUT2D eigenvalue weighted by Crippen LogP contribution is 2.26. The molecule has 1 aromatic rings. The van der Waals surface area contributed by atoms with Crippen molar-refractivity contribution in [2.75, 3.05) is 26.5 Å². The molecule has 0 aliphatic carbocycles. The highest BCUT2D eigenvalue weighted by atomic mass is 16.6. The highest BCUT2D eigenvalue weighted by Gasteiger charge is 2.43. The number of cyclic esters (lactones) is 1. The number of hydrazine groups is 1. The highest BCUT2D eigenvalue weighted by molar-refractivity contribution is 5.71. The van der Waals surface area contributed by atoms with Gasteiger partial charge in [0.2, 0.25) is 0 Å². The van der Waals surface area contributed by atoms with Crippen LogP contribution in [0.25, 0.3) is 0 Å². The molecule has 0 unspecified atom stereocenters. The van der Waals surface area contributed by atoms with Crippen molar-refractivity contribution in [1.29, 1.82) is 0 Å². The topological polar surface area (TPSA) is 48.1 Å². The lowest BCUT2D eigenvalue weighted by molar-refractivity contribution is -0.0504. The van der Waals surface area contributed by atoms with Crippen molar-refractivity contribution in [1.82, 2.24) is 20.2 Å². The molecule has 3 aliphatic rings. The maximum absolute atomic E-state index is 12.3. The van der Waals surface area contributed by atoms with E-state index in [1.54, 1.807) is 0 Å². The number of benzene rings is 1. The number of hydrogen-bond acceptors (Lipinski definition) is 5. The minimum absolute atomic E-state index is 0.0625. The molecule has 2 saturated heterocycles. The van der Waals surface area contributed by atoms with Gasteiger partial charge in [0, 0.05) is 6.54 Å². The summed E-state index contributed by atoms with van der Waals surface area (Å²) in [6.45, 7) is 2.93. The van der Waals surface area contributed by atoms with Crippen LogP contribution in [0.1, 0.15) is 5.56 Å². The summed E-state index contributed by atoms with van der Waals surface area (Å²) in [5, 5.41) is 7.75. The lowest BCUT2D eigenvalue weighted by Crippen LogP contribution is -2.57. The molecule has 3 heterocycles. The van der Waals surface area contributed by atoms with Crippen LogP contribution in [0.4, 0.5) is 4.79 Å². The lowest BCUT2D eigenvalue weighted by atomic mass is 10.1. The van der Waals surface area contributed by atoms with Gasteiger partial charge < -0.3 is 4.74 Å². The van der Waals surface area contributed by atoms with Crippen LogP contribution in [0, 0.1) is 0 Å². The number of amides is 1. The normalized spacial score (nSPS) is 28.9. The molecule has 6 nitrogen and oxygen atoms in total. The Kier molecular flexibility index (Phi) is 3.57. The SMILES string of the molecule is O=C1OC[C@H](Cc2ccccc2)N1[C@H]1C=CCN2CNCN12. The quantitative estimate of drug-likeness (QED) is 0.844. The van der Waals surface area contributed by atoms with E-state index in [9.17, 15) is 4.79 Å². The summed E-state index contributed by atoms with van der Waals surface area (Å²) in [4.78, 5) is 14.1. The standard InChI is InChI=1S/C16H20N4O2/c21-16-20(15-7-4-8-18-11-17-12-19(15)18)14(10-22-16)9-13-5-2-1-3-6-13/h1-7,14-15,17H,8-12H2/t14-,15-/m0/s1. The fourth-order valence-corrected chi connectivity index (χ4v) is 3.39. The van der Waals surface area contributed by atoms with Crippen LogP contribution in [0.2, 0.25) is 0 Å². The van der Waals surface area contributed by atoms with E-state index in [-0.39, 0.29) is 18.3 Å². The summed E-state index contributed by atoms with van der Waals surface area (Å²) in [5.41, 5.74) is 1.23. The fourth-order valence-electron chi connectivity index (χ4n) is 3.39. The number of nitrogens with zero attached hydrogens (tertiary/aromatic N) is 3. The number of nitrogens with one attached hydrogen (secondary N) is 1. The van der Waals surface area contributed by atoms with Gasteiger partial charge in [-0.3, -0.25) is 10.2 Å². The van der Waals surface area contributed by atoms with Gasteiger partial charge in [-0.2, -0.15) is 0 Å². The Morgan fingerprint density at radius 2 is 2.09 bits per heavy atom. The smallest absolute Gasteiger partial charge is 0.411 e. The zero-order valence-corrected chi connectivity index (χ0v) is 12.4. The van der Waals surface area contributed by atoms with E-state index in [1.807, 2.05) is 23.1 Å². The number of fused-ring (bicyclic) bond motifs is 1. The van der Waals surface area contributed by atoms with Crippen LogP contribution in [0.15, 0.2) is 42.5 Å². The minimum atomic E-state index is -0.218. The maximum atomic E-state index is 12.3. The average molecular weight is 300 g/mol. The lowest BCUT2D eigenvalue weighted by Gasteiger charge is -2.40. The van der Waals surface area contributed by atoms with Gasteiger partial charge >= 0.3 is 6.09 Å². The first kappa shape index (κ1) is 13.8. The van der Waals surface area contributed by atoms with Crippen LogP contribution in [-0.2, 0) is 11.2 Å². The van der Waals surface area contributed by atoms with Crippen molar-refractivity contribution in [2.45, 2.75) is 18.6 Å². The Morgan fingerprint density at radius 3 is 2.95 bits per heavy atom. The predicted octanol–water partition coefficient (Wildman–Crippen LogP) is 0.983. The zero-order valence-electron chi connectivity index (χ0n) is 12.4. The molecule has 1 amide bonds. The monoisotopic (exact) mass is 300 g/mol.